The van der Waals surface area contributed by atoms with E-state index in [1.165, 1.54) is 0 Å². The third kappa shape index (κ3) is 2.43. The number of nitrogens with zero attached hydrogens (tertiary/aromatic N) is 1. The molecule has 3 heteroatoms. The monoisotopic (exact) mass is 349 g/mol. The standard InChI is InChI=1S/C23H27NO2/c1-2-3-13-23(26)20(16-18-9-5-4-6-10-18)17-19-11-7-8-15-24-21(25)12-14-22(19,23)24/h4-6,9-10,16,19,26H,2,7-8,11-12,14-15,17H2,1H3/b20-16+/t19-,22+,23+/m0/s1. The minimum atomic E-state index is -1.24. The lowest BCUT2D eigenvalue weighted by molar-refractivity contribution is -0.136. The molecule has 1 spiro atoms. The zero-order valence-electron chi connectivity index (χ0n) is 15.5. The van der Waals surface area contributed by atoms with Gasteiger partial charge in [-0.05, 0) is 42.7 Å². The summed E-state index contributed by atoms with van der Waals surface area (Å²) in [4.78, 5) is 14.7. The van der Waals surface area contributed by atoms with Crippen LogP contribution in [-0.4, -0.2) is 33.6 Å². The molecule has 4 rings (SSSR count). The lowest BCUT2D eigenvalue weighted by atomic mass is 9.73. The van der Waals surface area contributed by atoms with Crippen molar-refractivity contribution in [2.24, 2.45) is 5.92 Å². The van der Waals surface area contributed by atoms with E-state index >= 15 is 0 Å². The molecule has 26 heavy (non-hydrogen) atoms. The zero-order chi connectivity index (χ0) is 18.2. The number of aliphatic hydroxyl groups is 1. The Kier molecular flexibility index (Phi) is 4.40. The van der Waals surface area contributed by atoms with Crippen molar-refractivity contribution in [1.82, 2.24) is 4.90 Å². The van der Waals surface area contributed by atoms with Crippen LogP contribution in [0.15, 0.2) is 35.9 Å². The Balaban J connectivity index is 1.88. The molecule has 3 atom stereocenters. The van der Waals surface area contributed by atoms with Crippen LogP contribution < -0.4 is 0 Å². The molecule has 1 saturated carbocycles. The van der Waals surface area contributed by atoms with Crippen LogP contribution in [0.25, 0.3) is 6.08 Å². The van der Waals surface area contributed by atoms with Gasteiger partial charge in [0.1, 0.15) is 0 Å². The van der Waals surface area contributed by atoms with Gasteiger partial charge in [-0.1, -0.05) is 55.7 Å². The number of amides is 1. The van der Waals surface area contributed by atoms with Crippen molar-refractivity contribution < 1.29 is 9.90 Å². The van der Waals surface area contributed by atoms with Gasteiger partial charge in [0, 0.05) is 19.4 Å². The van der Waals surface area contributed by atoms with Crippen molar-refractivity contribution in [3.8, 4) is 11.8 Å². The molecule has 136 valence electrons. The van der Waals surface area contributed by atoms with E-state index in [2.05, 4.69) is 30.0 Å². The SMILES string of the molecule is CCC#C[C@@]1(O)/C(=C/c2ccccc2)C[C@@H]2CCCCN3C(=O)CC[C@]231. The zero-order valence-corrected chi connectivity index (χ0v) is 15.5. The molecule has 2 aliphatic heterocycles. The van der Waals surface area contributed by atoms with Crippen molar-refractivity contribution in [2.45, 2.75) is 63.0 Å². The fraction of sp³-hybridized carbons (Fsp3) is 0.522. The summed E-state index contributed by atoms with van der Waals surface area (Å²) >= 11 is 0. The number of hydrogen-bond donors (Lipinski definition) is 1. The van der Waals surface area contributed by atoms with E-state index in [-0.39, 0.29) is 5.91 Å². The summed E-state index contributed by atoms with van der Waals surface area (Å²) in [5.41, 5.74) is 0.294. The third-order valence-electron chi connectivity index (χ3n) is 6.51. The van der Waals surface area contributed by atoms with Crippen LogP contribution in [0.1, 0.15) is 57.4 Å². The number of hydrogen-bond acceptors (Lipinski definition) is 2. The second kappa shape index (κ2) is 6.59. The predicted molar refractivity (Wildman–Crippen MR) is 103 cm³/mol. The van der Waals surface area contributed by atoms with E-state index in [4.69, 9.17) is 0 Å². The summed E-state index contributed by atoms with van der Waals surface area (Å²) in [5, 5.41) is 12.0. The molecule has 2 heterocycles. The van der Waals surface area contributed by atoms with E-state index in [9.17, 15) is 9.90 Å². The molecular formula is C23H27NO2. The first kappa shape index (κ1) is 17.4. The summed E-state index contributed by atoms with van der Waals surface area (Å²) in [6.07, 6.45) is 8.09. The highest BCUT2D eigenvalue weighted by atomic mass is 16.3. The second-order valence-corrected chi connectivity index (χ2v) is 7.81. The van der Waals surface area contributed by atoms with Gasteiger partial charge in [-0.3, -0.25) is 4.79 Å². The van der Waals surface area contributed by atoms with Crippen molar-refractivity contribution >= 4 is 12.0 Å². The van der Waals surface area contributed by atoms with E-state index in [0.717, 1.165) is 49.8 Å². The van der Waals surface area contributed by atoms with E-state index < -0.39 is 11.1 Å². The molecule has 1 aliphatic carbocycles. The highest BCUT2D eigenvalue weighted by molar-refractivity contribution is 5.82. The summed E-state index contributed by atoms with van der Waals surface area (Å²) in [7, 11) is 0. The molecule has 2 saturated heterocycles. The first-order valence-electron chi connectivity index (χ1n) is 9.91. The van der Waals surface area contributed by atoms with Crippen LogP contribution >= 0.6 is 0 Å². The minimum Gasteiger partial charge on any atom is -0.371 e. The summed E-state index contributed by atoms with van der Waals surface area (Å²) in [5.74, 6) is 6.86. The van der Waals surface area contributed by atoms with Crippen LogP contribution in [0.2, 0.25) is 0 Å². The summed E-state index contributed by atoms with van der Waals surface area (Å²) < 4.78 is 0. The van der Waals surface area contributed by atoms with Gasteiger partial charge in [0.05, 0.1) is 5.54 Å². The van der Waals surface area contributed by atoms with Crippen molar-refractivity contribution in [3.63, 3.8) is 0 Å². The van der Waals surface area contributed by atoms with Gasteiger partial charge in [-0.15, -0.1) is 5.92 Å². The Hall–Kier alpha value is -2.05. The molecule has 3 nitrogen and oxygen atoms in total. The van der Waals surface area contributed by atoms with Crippen LogP contribution in [0.3, 0.4) is 0 Å². The van der Waals surface area contributed by atoms with Gasteiger partial charge in [-0.25, -0.2) is 0 Å². The van der Waals surface area contributed by atoms with Gasteiger partial charge in [0.15, 0.2) is 5.60 Å². The van der Waals surface area contributed by atoms with Gasteiger partial charge in [-0.2, -0.15) is 0 Å². The molecule has 1 N–H and O–H groups in total. The maximum absolute atomic E-state index is 12.7. The van der Waals surface area contributed by atoms with Gasteiger partial charge < -0.3 is 10.0 Å². The van der Waals surface area contributed by atoms with Crippen molar-refractivity contribution in [3.05, 3.63) is 41.5 Å². The minimum absolute atomic E-state index is 0.189. The molecule has 1 aromatic carbocycles. The van der Waals surface area contributed by atoms with Crippen molar-refractivity contribution in [2.75, 3.05) is 6.54 Å². The maximum atomic E-state index is 12.7. The maximum Gasteiger partial charge on any atom is 0.223 e. The predicted octanol–water partition coefficient (Wildman–Crippen LogP) is 3.78. The van der Waals surface area contributed by atoms with E-state index in [0.29, 0.717) is 18.8 Å². The molecular weight excluding hydrogens is 322 g/mol. The third-order valence-corrected chi connectivity index (χ3v) is 6.51. The van der Waals surface area contributed by atoms with Crippen LogP contribution in [0.5, 0.6) is 0 Å². The Labute approximate surface area is 156 Å². The number of benzene rings is 1. The Morgan fingerprint density at radius 3 is 2.88 bits per heavy atom. The Morgan fingerprint density at radius 2 is 2.12 bits per heavy atom. The molecule has 0 aromatic heterocycles. The fourth-order valence-corrected chi connectivity index (χ4v) is 5.39. The highest BCUT2D eigenvalue weighted by Crippen LogP contribution is 2.58. The molecule has 0 unspecified atom stereocenters. The Bertz CT molecular complexity index is 787. The molecule has 0 radical (unpaired) electrons. The van der Waals surface area contributed by atoms with Gasteiger partial charge >= 0.3 is 0 Å². The van der Waals surface area contributed by atoms with Gasteiger partial charge in [0.25, 0.3) is 0 Å². The first-order chi connectivity index (χ1) is 12.6. The fourth-order valence-electron chi connectivity index (χ4n) is 5.39. The molecule has 1 aromatic rings. The quantitative estimate of drug-likeness (QED) is 0.784. The molecule has 0 bridgehead atoms. The smallest absolute Gasteiger partial charge is 0.223 e. The number of rotatable bonds is 1. The molecule has 3 fully saturated rings. The lowest BCUT2D eigenvalue weighted by Crippen LogP contribution is -2.61. The molecule has 1 amide bonds. The average Bonchev–Trinajstić information content (AvgIpc) is 3.01. The van der Waals surface area contributed by atoms with E-state index in [1.54, 1.807) is 0 Å². The van der Waals surface area contributed by atoms with Crippen molar-refractivity contribution in [1.29, 1.82) is 0 Å². The van der Waals surface area contributed by atoms with E-state index in [1.807, 2.05) is 30.0 Å². The topological polar surface area (TPSA) is 40.5 Å². The number of carbonyl (C=O) groups excluding carboxylic acids is 1. The summed E-state index contributed by atoms with van der Waals surface area (Å²) in [6.45, 7) is 2.76. The van der Waals surface area contributed by atoms with Crippen LogP contribution in [-0.2, 0) is 4.79 Å². The lowest BCUT2D eigenvalue weighted by Gasteiger charge is -2.45. The highest BCUT2D eigenvalue weighted by Gasteiger charge is 2.67. The Morgan fingerprint density at radius 1 is 1.31 bits per heavy atom. The molecule has 3 aliphatic rings. The summed E-state index contributed by atoms with van der Waals surface area (Å²) in [6, 6.07) is 10.1. The average molecular weight is 349 g/mol. The van der Waals surface area contributed by atoms with Gasteiger partial charge in [0.2, 0.25) is 5.91 Å². The normalized spacial score (nSPS) is 34.8. The van der Waals surface area contributed by atoms with Crippen LogP contribution in [0, 0.1) is 17.8 Å². The second-order valence-electron chi connectivity index (χ2n) is 7.81. The number of carbonyl (C=O) groups is 1. The first-order valence-corrected chi connectivity index (χ1v) is 9.91. The largest absolute Gasteiger partial charge is 0.371 e. The van der Waals surface area contributed by atoms with Crippen LogP contribution in [0.4, 0.5) is 0 Å².